The number of methoxy groups -OCH3 is 1. The molecular formula is C31H52N2O4. The number of rotatable bonds is 4. The summed E-state index contributed by atoms with van der Waals surface area (Å²) in [5.74, 6) is 4.81. The Kier molecular flexibility index (Phi) is 7.63. The van der Waals surface area contributed by atoms with Gasteiger partial charge in [0.2, 0.25) is 5.91 Å². The van der Waals surface area contributed by atoms with Crippen LogP contribution in [0.5, 0.6) is 0 Å². The van der Waals surface area contributed by atoms with Gasteiger partial charge in [0, 0.05) is 32.1 Å². The van der Waals surface area contributed by atoms with Gasteiger partial charge in [-0.15, -0.1) is 0 Å². The minimum absolute atomic E-state index is 0.0386. The number of hydrogen-bond acceptors (Lipinski definition) is 4. The van der Waals surface area contributed by atoms with Crippen LogP contribution in [0.25, 0.3) is 0 Å². The minimum Gasteiger partial charge on any atom is -0.453 e. The van der Waals surface area contributed by atoms with Crippen LogP contribution in [0.1, 0.15) is 98.3 Å². The molecule has 0 bridgehead atoms. The largest absolute Gasteiger partial charge is 0.453 e. The van der Waals surface area contributed by atoms with Gasteiger partial charge in [-0.05, 0) is 117 Å². The maximum Gasteiger partial charge on any atom is 0.409 e. The molecule has 210 valence electrons. The fourth-order valence-corrected chi connectivity index (χ4v) is 10.5. The maximum atomic E-state index is 13.2. The van der Waals surface area contributed by atoms with Crippen molar-refractivity contribution in [2.75, 3.05) is 26.7 Å². The average Bonchev–Trinajstić information content (AvgIpc) is 3.24. The zero-order valence-corrected chi connectivity index (χ0v) is 24.1. The molecule has 1 N–H and O–H groups in total. The third-order valence-electron chi connectivity index (χ3n) is 12.6. The van der Waals surface area contributed by atoms with Crippen LogP contribution in [0.3, 0.4) is 0 Å². The Morgan fingerprint density at radius 2 is 1.73 bits per heavy atom. The molecule has 10 atom stereocenters. The van der Waals surface area contributed by atoms with Crippen molar-refractivity contribution < 1.29 is 19.4 Å². The second kappa shape index (κ2) is 10.4. The number of carbonyl (C=O) groups is 2. The van der Waals surface area contributed by atoms with Crippen LogP contribution in [0.15, 0.2) is 0 Å². The Hall–Kier alpha value is -1.30. The third-order valence-corrected chi connectivity index (χ3v) is 12.6. The number of aliphatic hydroxyl groups is 1. The predicted molar refractivity (Wildman–Crippen MR) is 145 cm³/mol. The van der Waals surface area contributed by atoms with Crippen molar-refractivity contribution in [2.24, 2.45) is 46.3 Å². The van der Waals surface area contributed by atoms with E-state index in [0.29, 0.717) is 42.8 Å². The molecule has 4 aliphatic carbocycles. The zero-order valence-electron chi connectivity index (χ0n) is 24.1. The van der Waals surface area contributed by atoms with Gasteiger partial charge >= 0.3 is 6.09 Å². The molecule has 1 heterocycles. The summed E-state index contributed by atoms with van der Waals surface area (Å²) < 4.78 is 4.86. The van der Waals surface area contributed by atoms with E-state index in [0.717, 1.165) is 48.9 Å². The van der Waals surface area contributed by atoms with E-state index in [2.05, 4.69) is 20.8 Å². The summed E-state index contributed by atoms with van der Waals surface area (Å²) >= 11 is 0. The smallest absolute Gasteiger partial charge is 0.409 e. The Balaban J connectivity index is 1.18. The summed E-state index contributed by atoms with van der Waals surface area (Å²) in [6.07, 6.45) is 12.6. The zero-order chi connectivity index (χ0) is 26.5. The lowest BCUT2D eigenvalue weighted by Crippen LogP contribution is -2.55. The fraction of sp³-hybridized carbons (Fsp3) is 0.935. The second-order valence-corrected chi connectivity index (χ2v) is 14.2. The van der Waals surface area contributed by atoms with Crippen molar-refractivity contribution in [1.82, 2.24) is 9.80 Å². The molecule has 5 aliphatic rings. The summed E-state index contributed by atoms with van der Waals surface area (Å²) in [6, 6.07) is 0.0386. The number of fused-ring (bicyclic) bond motifs is 5. The van der Waals surface area contributed by atoms with Crippen LogP contribution in [0.2, 0.25) is 0 Å². The van der Waals surface area contributed by atoms with Gasteiger partial charge in [0.05, 0.1) is 13.2 Å². The van der Waals surface area contributed by atoms with Gasteiger partial charge in [0.15, 0.2) is 0 Å². The molecule has 0 spiro atoms. The maximum absolute atomic E-state index is 13.2. The van der Waals surface area contributed by atoms with Crippen LogP contribution in [0, 0.1) is 46.3 Å². The van der Waals surface area contributed by atoms with E-state index in [1.54, 1.807) is 4.90 Å². The van der Waals surface area contributed by atoms with Gasteiger partial charge in [0.1, 0.15) is 0 Å². The van der Waals surface area contributed by atoms with E-state index in [-0.39, 0.29) is 24.1 Å². The van der Waals surface area contributed by atoms with Crippen molar-refractivity contribution >= 4 is 12.0 Å². The fourth-order valence-electron chi connectivity index (χ4n) is 10.5. The van der Waals surface area contributed by atoms with Crippen molar-refractivity contribution in [2.45, 2.75) is 110 Å². The highest BCUT2D eigenvalue weighted by atomic mass is 16.5. The van der Waals surface area contributed by atoms with Gasteiger partial charge in [0.25, 0.3) is 0 Å². The number of ether oxygens (including phenoxy) is 1. The Morgan fingerprint density at radius 1 is 1.00 bits per heavy atom. The second-order valence-electron chi connectivity index (χ2n) is 14.2. The van der Waals surface area contributed by atoms with Gasteiger partial charge in [-0.1, -0.05) is 20.8 Å². The van der Waals surface area contributed by atoms with Gasteiger partial charge < -0.3 is 19.6 Å². The van der Waals surface area contributed by atoms with Crippen molar-refractivity contribution in [1.29, 1.82) is 0 Å². The number of piperazine rings is 1. The van der Waals surface area contributed by atoms with E-state index in [1.807, 2.05) is 11.8 Å². The molecule has 5 rings (SSSR count). The molecule has 0 aromatic heterocycles. The first-order valence-corrected chi connectivity index (χ1v) is 15.4. The van der Waals surface area contributed by atoms with Crippen molar-refractivity contribution in [3.05, 3.63) is 0 Å². The summed E-state index contributed by atoms with van der Waals surface area (Å²) in [4.78, 5) is 28.8. The Morgan fingerprint density at radius 3 is 2.46 bits per heavy atom. The number of aliphatic hydroxyl groups excluding tert-OH is 1. The topological polar surface area (TPSA) is 70.1 Å². The number of hydrogen-bond donors (Lipinski definition) is 1. The SMILES string of the molecule is COC(=O)N1CCN(C(=O)CC[C@@H](C)[C@H]2CC[C@H]3[C@@H]4CC[C@H]5C[C@@H](O)CC[C@]5(C)[C@H]4CC[C@]23C)[C@@H](C)C1. The van der Waals surface area contributed by atoms with Crippen LogP contribution in [0.4, 0.5) is 4.79 Å². The molecule has 1 saturated heterocycles. The highest BCUT2D eigenvalue weighted by Gasteiger charge is 2.60. The molecule has 6 nitrogen and oxygen atoms in total. The first-order valence-electron chi connectivity index (χ1n) is 15.4. The molecule has 0 unspecified atom stereocenters. The summed E-state index contributed by atoms with van der Waals surface area (Å²) in [6.45, 7) is 11.4. The molecule has 2 amide bonds. The van der Waals surface area contributed by atoms with Gasteiger partial charge in [-0.2, -0.15) is 0 Å². The first kappa shape index (κ1) is 27.3. The molecule has 1 aliphatic heterocycles. The Labute approximate surface area is 224 Å². The molecule has 0 aromatic carbocycles. The van der Waals surface area contributed by atoms with Gasteiger partial charge in [-0.3, -0.25) is 4.79 Å². The number of amides is 2. The summed E-state index contributed by atoms with van der Waals surface area (Å²) in [7, 11) is 1.42. The van der Waals surface area contributed by atoms with E-state index in [1.165, 1.54) is 52.1 Å². The normalized spacial score (nSPS) is 44.4. The molecule has 6 heteroatoms. The number of nitrogens with zero attached hydrogens (tertiary/aromatic N) is 2. The Bertz CT molecular complexity index is 864. The van der Waals surface area contributed by atoms with Crippen LogP contribution in [-0.4, -0.2) is 65.8 Å². The highest BCUT2D eigenvalue weighted by molar-refractivity contribution is 5.77. The average molecular weight is 517 g/mol. The summed E-state index contributed by atoms with van der Waals surface area (Å²) in [5.41, 5.74) is 0.856. The quantitative estimate of drug-likeness (QED) is 0.519. The van der Waals surface area contributed by atoms with Crippen molar-refractivity contribution in [3.8, 4) is 0 Å². The number of carbonyl (C=O) groups excluding carboxylic acids is 2. The molecule has 37 heavy (non-hydrogen) atoms. The first-order chi connectivity index (χ1) is 17.6. The third kappa shape index (κ3) is 4.72. The van der Waals surface area contributed by atoms with E-state index in [4.69, 9.17) is 4.74 Å². The minimum atomic E-state index is -0.296. The molecule has 0 radical (unpaired) electrons. The highest BCUT2D eigenvalue weighted by Crippen LogP contribution is 2.68. The lowest BCUT2D eigenvalue weighted by molar-refractivity contribution is -0.136. The monoisotopic (exact) mass is 516 g/mol. The van der Waals surface area contributed by atoms with E-state index in [9.17, 15) is 14.7 Å². The predicted octanol–water partition coefficient (Wildman–Crippen LogP) is 5.72. The van der Waals surface area contributed by atoms with Crippen molar-refractivity contribution in [3.63, 3.8) is 0 Å². The molecule has 0 aromatic rings. The van der Waals surface area contributed by atoms with E-state index >= 15 is 0 Å². The molecule has 4 saturated carbocycles. The lowest BCUT2D eigenvalue weighted by atomic mass is 9.44. The summed E-state index contributed by atoms with van der Waals surface area (Å²) in [5, 5.41) is 10.3. The van der Waals surface area contributed by atoms with Crippen LogP contribution in [-0.2, 0) is 9.53 Å². The molecule has 5 fully saturated rings. The molecular weight excluding hydrogens is 464 g/mol. The van der Waals surface area contributed by atoms with Crippen LogP contribution < -0.4 is 0 Å². The standard InChI is InChI=1S/C31H52N2O4/c1-20(6-11-28(35)33-17-16-32(19-21(33)2)29(36)37-5)25-9-10-26-24-8-7-22-18-23(34)12-14-30(22,3)27(24)13-15-31(25,26)4/h20-27,34H,6-19H2,1-5H3/t20-,21+,22+,23+,24+,25-,26+,27+,30+,31-/m1/s1. The lowest BCUT2D eigenvalue weighted by Gasteiger charge is -2.61. The van der Waals surface area contributed by atoms with E-state index < -0.39 is 0 Å². The van der Waals surface area contributed by atoms with Gasteiger partial charge in [-0.25, -0.2) is 4.79 Å². The van der Waals surface area contributed by atoms with Crippen LogP contribution >= 0.6 is 0 Å².